The summed E-state index contributed by atoms with van der Waals surface area (Å²) in [5, 5.41) is 4.98. The summed E-state index contributed by atoms with van der Waals surface area (Å²) in [6, 6.07) is 0. The van der Waals surface area contributed by atoms with Gasteiger partial charge in [-0.1, -0.05) is 54.3 Å². The third-order valence-corrected chi connectivity index (χ3v) is 5.67. The first-order valence-electron chi connectivity index (χ1n) is 9.17. The second kappa shape index (κ2) is 8.98. The van der Waals surface area contributed by atoms with E-state index in [1.54, 1.807) is 0 Å². The maximum absolute atomic E-state index is 5.86. The summed E-state index contributed by atoms with van der Waals surface area (Å²) in [4.78, 5) is 11.1. The molecule has 0 radical (unpaired) electrons. The molecule has 1 heterocycles. The lowest BCUT2D eigenvalue weighted by atomic mass is 9.57. The average Bonchev–Trinajstić information content (AvgIpc) is 3.05. The van der Waals surface area contributed by atoms with Crippen molar-refractivity contribution in [2.75, 3.05) is 6.61 Å². The number of hydrogen-bond donors (Lipinski definition) is 0. The van der Waals surface area contributed by atoms with Gasteiger partial charge in [0.2, 0.25) is 0 Å². The predicted molar refractivity (Wildman–Crippen MR) is 105 cm³/mol. The molecule has 0 saturated carbocycles. The monoisotopic (exact) mass is 348 g/mol. The van der Waals surface area contributed by atoms with Gasteiger partial charge in [-0.25, -0.2) is 4.89 Å². The Labute approximate surface area is 154 Å². The minimum atomic E-state index is -0.658. The van der Waals surface area contributed by atoms with Crippen molar-refractivity contribution in [1.29, 1.82) is 0 Å². The zero-order valence-corrected chi connectivity index (χ0v) is 17.0. The molecule has 1 fully saturated rings. The van der Waals surface area contributed by atoms with Crippen LogP contribution in [0, 0.1) is 10.8 Å². The predicted octanol–water partition coefficient (Wildman–Crippen LogP) is 6.50. The van der Waals surface area contributed by atoms with Crippen molar-refractivity contribution < 1.29 is 14.8 Å². The van der Waals surface area contributed by atoms with E-state index in [1.807, 2.05) is 12.2 Å². The van der Waals surface area contributed by atoms with Gasteiger partial charge in [0, 0.05) is 10.8 Å². The second-order valence-corrected chi connectivity index (χ2v) is 8.12. The molecule has 0 aliphatic carbocycles. The summed E-state index contributed by atoms with van der Waals surface area (Å²) in [7, 11) is 0. The Morgan fingerprint density at radius 2 is 1.36 bits per heavy atom. The zero-order valence-electron chi connectivity index (χ0n) is 17.0. The lowest BCUT2D eigenvalue weighted by Crippen LogP contribution is -2.58. The first-order valence-corrected chi connectivity index (χ1v) is 9.17. The SMILES string of the molecule is C=CC(C)(CCC=C(C)C)C1(C(C)(C=C)CCC=C(C)C)COOO1. The van der Waals surface area contributed by atoms with Gasteiger partial charge < -0.3 is 0 Å². The molecule has 25 heavy (non-hydrogen) atoms. The van der Waals surface area contributed by atoms with Crippen molar-refractivity contribution in [2.45, 2.75) is 72.8 Å². The summed E-state index contributed by atoms with van der Waals surface area (Å²) < 4.78 is 0. The van der Waals surface area contributed by atoms with Gasteiger partial charge >= 0.3 is 0 Å². The van der Waals surface area contributed by atoms with E-state index in [9.17, 15) is 0 Å². The van der Waals surface area contributed by atoms with Crippen molar-refractivity contribution in [3.8, 4) is 0 Å². The van der Waals surface area contributed by atoms with E-state index >= 15 is 0 Å². The molecule has 0 aromatic rings. The Kier molecular flexibility index (Phi) is 7.86. The number of rotatable bonds is 10. The first kappa shape index (κ1) is 21.9. The number of allylic oxidation sites excluding steroid dienone is 4. The Morgan fingerprint density at radius 3 is 1.64 bits per heavy atom. The minimum Gasteiger partial charge on any atom is -0.203 e. The fourth-order valence-electron chi connectivity index (χ4n) is 3.64. The smallest absolute Gasteiger partial charge is 0.150 e. The second-order valence-electron chi connectivity index (χ2n) is 8.12. The fourth-order valence-corrected chi connectivity index (χ4v) is 3.64. The average molecular weight is 349 g/mol. The third-order valence-electron chi connectivity index (χ3n) is 5.67. The van der Waals surface area contributed by atoms with Crippen LogP contribution in [0.1, 0.15) is 67.2 Å². The molecular formula is C22H36O3. The lowest BCUT2D eigenvalue weighted by molar-refractivity contribution is -0.481. The van der Waals surface area contributed by atoms with Crippen LogP contribution in [0.3, 0.4) is 0 Å². The first-order chi connectivity index (χ1) is 11.7. The Morgan fingerprint density at radius 1 is 0.920 bits per heavy atom. The molecule has 1 rings (SSSR count). The standard InChI is InChI=1S/C22H36O3/c1-9-20(7,15-11-13-18(3)4)22(17-23-25-24-22)21(8,10-2)16-12-14-19(5)6/h9-10,13-14H,1-2,11-12,15-17H2,3-8H3. The van der Waals surface area contributed by atoms with Gasteiger partial charge in [0.05, 0.1) is 0 Å². The van der Waals surface area contributed by atoms with Crippen LogP contribution in [0.25, 0.3) is 0 Å². The van der Waals surface area contributed by atoms with Crippen LogP contribution < -0.4 is 0 Å². The highest BCUT2D eigenvalue weighted by Gasteiger charge is 2.61. The van der Waals surface area contributed by atoms with Crippen LogP contribution in [0.5, 0.6) is 0 Å². The molecule has 1 saturated heterocycles. The Hall–Kier alpha value is -1.16. The van der Waals surface area contributed by atoms with Gasteiger partial charge in [-0.3, -0.25) is 0 Å². The van der Waals surface area contributed by atoms with Gasteiger partial charge in [0.1, 0.15) is 6.61 Å². The maximum Gasteiger partial charge on any atom is 0.150 e. The molecule has 1 aliphatic heterocycles. The minimum absolute atomic E-state index is 0.316. The van der Waals surface area contributed by atoms with E-state index in [2.05, 4.69) is 66.9 Å². The number of hydrogen-bond acceptors (Lipinski definition) is 3. The van der Waals surface area contributed by atoms with Crippen LogP contribution in [-0.4, -0.2) is 12.2 Å². The van der Waals surface area contributed by atoms with Gasteiger partial charge in [-0.15, -0.1) is 13.2 Å². The summed E-state index contributed by atoms with van der Waals surface area (Å²) >= 11 is 0. The Balaban J connectivity index is 3.21. The summed E-state index contributed by atoms with van der Waals surface area (Å²) in [5.74, 6) is 0. The fraction of sp³-hybridized carbons (Fsp3) is 0.636. The van der Waals surface area contributed by atoms with Gasteiger partial charge in [0.25, 0.3) is 0 Å². The molecule has 1 aliphatic rings. The van der Waals surface area contributed by atoms with E-state index in [-0.39, 0.29) is 10.8 Å². The maximum atomic E-state index is 5.86. The van der Waals surface area contributed by atoms with Crippen molar-refractivity contribution in [1.82, 2.24) is 0 Å². The molecule has 0 aromatic heterocycles. The normalized spacial score (nSPS) is 24.7. The molecular weight excluding hydrogens is 312 g/mol. The lowest BCUT2D eigenvalue weighted by Gasteiger charge is -2.50. The van der Waals surface area contributed by atoms with E-state index in [1.165, 1.54) is 11.1 Å². The van der Waals surface area contributed by atoms with Crippen LogP contribution in [0.15, 0.2) is 48.6 Å². The van der Waals surface area contributed by atoms with Crippen molar-refractivity contribution in [3.05, 3.63) is 48.6 Å². The molecule has 0 aromatic carbocycles. The van der Waals surface area contributed by atoms with Crippen molar-refractivity contribution in [3.63, 3.8) is 0 Å². The van der Waals surface area contributed by atoms with Crippen LogP contribution in [0.4, 0.5) is 0 Å². The highest BCUT2D eigenvalue weighted by molar-refractivity contribution is 5.19. The zero-order chi connectivity index (χ0) is 19.1. The molecule has 0 spiro atoms. The van der Waals surface area contributed by atoms with Crippen LogP contribution >= 0.6 is 0 Å². The van der Waals surface area contributed by atoms with Crippen LogP contribution in [0.2, 0.25) is 0 Å². The van der Waals surface area contributed by atoms with E-state index < -0.39 is 5.60 Å². The summed E-state index contributed by atoms with van der Waals surface area (Å²) in [6.07, 6.45) is 12.2. The molecule has 3 heteroatoms. The van der Waals surface area contributed by atoms with Gasteiger partial charge in [-0.2, -0.15) is 4.89 Å². The van der Waals surface area contributed by atoms with E-state index in [0.717, 1.165) is 25.7 Å². The van der Waals surface area contributed by atoms with Gasteiger partial charge in [0.15, 0.2) is 5.60 Å². The van der Waals surface area contributed by atoms with Crippen molar-refractivity contribution >= 4 is 0 Å². The molecule has 3 nitrogen and oxygen atoms in total. The molecule has 0 amide bonds. The molecule has 2 atom stereocenters. The van der Waals surface area contributed by atoms with Gasteiger partial charge in [-0.05, 0) is 53.4 Å². The molecule has 0 bridgehead atoms. The highest BCUT2D eigenvalue weighted by atomic mass is 17.5. The molecule has 0 N–H and O–H groups in total. The molecule has 142 valence electrons. The van der Waals surface area contributed by atoms with Crippen molar-refractivity contribution in [2.24, 2.45) is 10.8 Å². The Bertz CT molecular complexity index is 475. The topological polar surface area (TPSA) is 27.7 Å². The van der Waals surface area contributed by atoms with Crippen LogP contribution in [-0.2, 0) is 14.8 Å². The summed E-state index contributed by atoms with van der Waals surface area (Å²) in [6.45, 7) is 21.4. The molecule has 2 unspecified atom stereocenters. The highest BCUT2D eigenvalue weighted by Crippen LogP contribution is 2.55. The van der Waals surface area contributed by atoms with E-state index in [4.69, 9.17) is 14.8 Å². The summed E-state index contributed by atoms with van der Waals surface area (Å²) in [5.41, 5.74) is 1.34. The third kappa shape index (κ3) is 4.72. The van der Waals surface area contributed by atoms with E-state index in [0.29, 0.717) is 6.61 Å². The quantitative estimate of drug-likeness (QED) is 0.333. The largest absolute Gasteiger partial charge is 0.203 e.